The number of nitrogens with one attached hydrogen (secondary N) is 2. The van der Waals surface area contributed by atoms with Gasteiger partial charge in [0.05, 0.1) is 0 Å². The van der Waals surface area contributed by atoms with E-state index in [-0.39, 0.29) is 18.0 Å². The summed E-state index contributed by atoms with van der Waals surface area (Å²) in [6.07, 6.45) is -0.755. The normalized spacial score (nSPS) is 13.7. The quantitative estimate of drug-likeness (QED) is 0.460. The Bertz CT molecular complexity index is 830. The molecule has 3 amide bonds. The van der Waals surface area contributed by atoms with Crippen LogP contribution >= 0.6 is 12.6 Å². The Balaban J connectivity index is 3.38. The van der Waals surface area contributed by atoms with Crippen molar-refractivity contribution in [3.63, 3.8) is 0 Å². The number of likely N-dealkylation sites (N-methyl/N-ethyl adjacent to an activating group) is 1. The number of amides is 3. The summed E-state index contributed by atoms with van der Waals surface area (Å²) in [6, 6.07) is 2.92. The third-order valence-electron chi connectivity index (χ3n) is 4.42. The van der Waals surface area contributed by atoms with E-state index in [4.69, 9.17) is 4.74 Å². The molecule has 0 bridgehead atoms. The molecule has 1 aromatic carbocycles. The highest BCUT2D eigenvalue weighted by molar-refractivity contribution is 7.80. The Labute approximate surface area is 196 Å². The molecule has 0 saturated carbocycles. The zero-order valence-electron chi connectivity index (χ0n) is 20.3. The number of thiol groups is 1. The van der Waals surface area contributed by atoms with Gasteiger partial charge in [-0.3, -0.25) is 9.59 Å². The van der Waals surface area contributed by atoms with E-state index in [1.165, 1.54) is 4.90 Å². The number of hydrogen-bond acceptors (Lipinski definition) is 6. The van der Waals surface area contributed by atoms with Crippen LogP contribution in [0.4, 0.5) is 4.79 Å². The van der Waals surface area contributed by atoms with Crippen LogP contribution in [0.1, 0.15) is 65.6 Å². The van der Waals surface area contributed by atoms with Crippen molar-refractivity contribution < 1.29 is 24.2 Å². The van der Waals surface area contributed by atoms with E-state index >= 15 is 0 Å². The topological polar surface area (TPSA) is 108 Å². The van der Waals surface area contributed by atoms with Crippen LogP contribution in [0.2, 0.25) is 0 Å². The smallest absolute Gasteiger partial charge is 0.408 e. The van der Waals surface area contributed by atoms with Gasteiger partial charge in [-0.1, -0.05) is 18.2 Å². The van der Waals surface area contributed by atoms with Crippen molar-refractivity contribution in [3.8, 4) is 5.75 Å². The van der Waals surface area contributed by atoms with Crippen molar-refractivity contribution in [1.29, 1.82) is 0 Å². The number of carbonyl (C=O) groups is 3. The van der Waals surface area contributed by atoms with Crippen LogP contribution in [0.15, 0.2) is 18.2 Å². The summed E-state index contributed by atoms with van der Waals surface area (Å²) in [5.41, 5.74) is -0.412. The minimum absolute atomic E-state index is 0.00197. The van der Waals surface area contributed by atoms with Crippen molar-refractivity contribution in [3.05, 3.63) is 29.3 Å². The maximum absolute atomic E-state index is 13.4. The van der Waals surface area contributed by atoms with Gasteiger partial charge in [-0.2, -0.15) is 12.6 Å². The number of para-hydroxylation sites is 1. The predicted octanol–water partition coefficient (Wildman–Crippen LogP) is 3.33. The molecule has 0 aliphatic heterocycles. The fourth-order valence-electron chi connectivity index (χ4n) is 3.09. The van der Waals surface area contributed by atoms with Crippen LogP contribution in [0.5, 0.6) is 5.75 Å². The molecule has 0 heterocycles. The zero-order chi connectivity index (χ0) is 24.9. The number of nitrogens with zero attached hydrogens (tertiary/aromatic N) is 1. The lowest BCUT2D eigenvalue weighted by molar-refractivity contribution is -0.142. The van der Waals surface area contributed by atoms with Crippen LogP contribution in [-0.4, -0.2) is 57.4 Å². The van der Waals surface area contributed by atoms with E-state index in [2.05, 4.69) is 23.3 Å². The molecule has 1 aromatic rings. The first kappa shape index (κ1) is 27.6. The number of rotatable bonds is 7. The van der Waals surface area contributed by atoms with Crippen molar-refractivity contribution in [2.24, 2.45) is 0 Å². The molecule has 8 nitrogen and oxygen atoms in total. The Morgan fingerprint density at radius 1 is 1.16 bits per heavy atom. The summed E-state index contributed by atoms with van der Waals surface area (Å²) in [4.78, 5) is 40.3. The number of hydrogen-bond donors (Lipinski definition) is 4. The minimum atomic E-state index is -1.10. The number of ether oxygens (including phenoxy) is 1. The summed E-state index contributed by atoms with van der Waals surface area (Å²) in [6.45, 7) is 14.3. The van der Waals surface area contributed by atoms with E-state index in [0.717, 1.165) is 0 Å². The second-order valence-electron chi connectivity index (χ2n) is 9.66. The lowest BCUT2D eigenvalue weighted by Gasteiger charge is -2.35. The third-order valence-corrected chi connectivity index (χ3v) is 4.78. The Morgan fingerprint density at radius 2 is 1.75 bits per heavy atom. The average molecular weight is 468 g/mol. The van der Waals surface area contributed by atoms with E-state index in [9.17, 15) is 19.5 Å². The molecule has 1 rings (SSSR count). The summed E-state index contributed by atoms with van der Waals surface area (Å²) in [7, 11) is 0. The van der Waals surface area contributed by atoms with Crippen LogP contribution < -0.4 is 10.6 Å². The molecule has 3 N–H and O–H groups in total. The molecule has 0 spiro atoms. The number of phenolic OH excluding ortho intramolecular Hbond substituents is 1. The molecule has 0 fully saturated rings. The van der Waals surface area contributed by atoms with E-state index in [0.29, 0.717) is 11.1 Å². The number of benzene rings is 1. The van der Waals surface area contributed by atoms with Gasteiger partial charge in [-0.15, -0.1) is 0 Å². The molecule has 0 saturated heterocycles. The van der Waals surface area contributed by atoms with Gasteiger partial charge in [0.1, 0.15) is 23.4 Å². The van der Waals surface area contributed by atoms with E-state index in [1.54, 1.807) is 52.8 Å². The third kappa shape index (κ3) is 7.93. The van der Waals surface area contributed by atoms with E-state index in [1.807, 2.05) is 20.8 Å². The van der Waals surface area contributed by atoms with Crippen molar-refractivity contribution in [2.45, 2.75) is 78.6 Å². The largest absolute Gasteiger partial charge is 0.507 e. The summed E-state index contributed by atoms with van der Waals surface area (Å²) in [5.74, 6) is -1.01. The van der Waals surface area contributed by atoms with Gasteiger partial charge >= 0.3 is 6.09 Å². The van der Waals surface area contributed by atoms with Gasteiger partial charge in [0, 0.05) is 23.4 Å². The van der Waals surface area contributed by atoms with Gasteiger partial charge in [0.2, 0.25) is 11.8 Å². The second-order valence-corrected chi connectivity index (χ2v) is 10.0. The first-order valence-corrected chi connectivity index (χ1v) is 11.3. The average Bonchev–Trinajstić information content (AvgIpc) is 2.63. The molecule has 0 aliphatic rings. The van der Waals surface area contributed by atoms with Crippen molar-refractivity contribution in [1.82, 2.24) is 15.5 Å². The van der Waals surface area contributed by atoms with Crippen LogP contribution in [-0.2, 0) is 14.3 Å². The van der Waals surface area contributed by atoms with E-state index < -0.39 is 41.1 Å². The first-order chi connectivity index (χ1) is 14.6. The van der Waals surface area contributed by atoms with Gasteiger partial charge < -0.3 is 25.4 Å². The van der Waals surface area contributed by atoms with Crippen molar-refractivity contribution >= 4 is 30.5 Å². The maximum Gasteiger partial charge on any atom is 0.408 e. The standard InChI is InChI=1S/C23H37N3O5S/c1-9-26(20(29)16(13-32)24-21(30)31-23(6,7)8)17(19(28)25-22(3,4)5)15-12-10-11-14(2)18(15)27/h10-12,16-17,27,32H,9,13H2,1-8H3,(H,24,30)(H,25,28). The Hall–Kier alpha value is -2.42. The maximum atomic E-state index is 13.4. The lowest BCUT2D eigenvalue weighted by atomic mass is 9.98. The monoisotopic (exact) mass is 467 g/mol. The Kier molecular flexibility index (Phi) is 9.44. The highest BCUT2D eigenvalue weighted by Crippen LogP contribution is 2.32. The molecule has 0 radical (unpaired) electrons. The summed E-state index contributed by atoms with van der Waals surface area (Å²) in [5, 5.41) is 16.1. The zero-order valence-corrected chi connectivity index (χ0v) is 21.2. The number of aryl methyl sites for hydroxylation is 1. The van der Waals surface area contributed by atoms with Gasteiger partial charge in [0.15, 0.2) is 0 Å². The number of carbonyl (C=O) groups excluding carboxylic acids is 3. The van der Waals surface area contributed by atoms with Crippen LogP contribution in [0.25, 0.3) is 0 Å². The number of alkyl carbamates (subject to hydrolysis) is 1. The predicted molar refractivity (Wildman–Crippen MR) is 128 cm³/mol. The number of aromatic hydroxyl groups is 1. The fourth-order valence-corrected chi connectivity index (χ4v) is 3.34. The summed E-state index contributed by atoms with van der Waals surface area (Å²) >= 11 is 4.22. The molecule has 0 aliphatic carbocycles. The molecule has 2 unspecified atom stereocenters. The van der Waals surface area contributed by atoms with Crippen LogP contribution in [0, 0.1) is 6.92 Å². The molecular formula is C23H37N3O5S. The number of phenols is 1. The highest BCUT2D eigenvalue weighted by Gasteiger charge is 2.37. The molecule has 9 heteroatoms. The van der Waals surface area contributed by atoms with Gasteiger partial charge in [-0.05, 0) is 61.0 Å². The molecule has 180 valence electrons. The van der Waals surface area contributed by atoms with Gasteiger partial charge in [-0.25, -0.2) is 4.79 Å². The second kappa shape index (κ2) is 10.9. The highest BCUT2D eigenvalue weighted by atomic mass is 32.1. The fraction of sp³-hybridized carbons (Fsp3) is 0.609. The SMILES string of the molecule is CCN(C(=O)C(CS)NC(=O)OC(C)(C)C)C(C(=O)NC(C)(C)C)c1cccc(C)c1O. The molecular weight excluding hydrogens is 430 g/mol. The van der Waals surface area contributed by atoms with Crippen LogP contribution in [0.3, 0.4) is 0 Å². The Morgan fingerprint density at radius 3 is 2.22 bits per heavy atom. The van der Waals surface area contributed by atoms with Crippen molar-refractivity contribution in [2.75, 3.05) is 12.3 Å². The molecule has 2 atom stereocenters. The molecule has 32 heavy (non-hydrogen) atoms. The lowest BCUT2D eigenvalue weighted by Crippen LogP contribution is -2.55. The molecule has 0 aromatic heterocycles. The first-order valence-electron chi connectivity index (χ1n) is 10.6. The van der Waals surface area contributed by atoms with Gasteiger partial charge in [0.25, 0.3) is 0 Å². The summed E-state index contributed by atoms with van der Waals surface area (Å²) < 4.78 is 5.25. The minimum Gasteiger partial charge on any atom is -0.507 e.